The normalized spacial score (nSPS) is 34.1. The predicted octanol–water partition coefficient (Wildman–Crippen LogP) is 2.42. The second kappa shape index (κ2) is 5.29. The maximum atomic E-state index is 5.22. The molecule has 0 aromatic rings. The van der Waals surface area contributed by atoms with Gasteiger partial charge in [0, 0.05) is 19.0 Å². The molecule has 1 rings (SSSR count). The van der Waals surface area contributed by atoms with Gasteiger partial charge in [0.2, 0.25) is 0 Å². The van der Waals surface area contributed by atoms with Gasteiger partial charge in [-0.3, -0.25) is 0 Å². The molecule has 0 spiro atoms. The molecule has 74 valence electrons. The zero-order valence-electron chi connectivity index (χ0n) is 8.84. The molecule has 0 amide bonds. The number of hydrogen-bond donors (Lipinski definition) is 1. The highest BCUT2D eigenvalue weighted by Gasteiger charge is 2.24. The Kier molecular flexibility index (Phi) is 4.32. The van der Waals surface area contributed by atoms with Crippen LogP contribution in [0.4, 0.5) is 0 Å². The minimum absolute atomic E-state index is 0.706. The van der Waals surface area contributed by atoms with Gasteiger partial charge in [0.1, 0.15) is 0 Å². The van der Waals surface area contributed by atoms with E-state index in [4.69, 9.17) is 6.42 Å². The number of terminal acetylenes is 1. The van der Waals surface area contributed by atoms with Crippen molar-refractivity contribution in [3.63, 3.8) is 0 Å². The van der Waals surface area contributed by atoms with Gasteiger partial charge in [-0.2, -0.15) is 0 Å². The summed E-state index contributed by atoms with van der Waals surface area (Å²) in [7, 11) is 0. The van der Waals surface area contributed by atoms with Crippen LogP contribution in [0.25, 0.3) is 0 Å². The molecule has 0 aromatic carbocycles. The van der Waals surface area contributed by atoms with Crippen molar-refractivity contribution in [3.8, 4) is 12.3 Å². The van der Waals surface area contributed by atoms with E-state index in [9.17, 15) is 0 Å². The van der Waals surface area contributed by atoms with Gasteiger partial charge in [0.25, 0.3) is 0 Å². The summed E-state index contributed by atoms with van der Waals surface area (Å²) in [4.78, 5) is 0. The quantitative estimate of drug-likeness (QED) is 0.518. The lowest BCUT2D eigenvalue weighted by atomic mass is 9.80. The molecule has 1 fully saturated rings. The first-order chi connectivity index (χ1) is 6.24. The third kappa shape index (κ3) is 3.40. The van der Waals surface area contributed by atoms with E-state index in [1.807, 2.05) is 0 Å². The summed E-state index contributed by atoms with van der Waals surface area (Å²) in [6, 6.07) is 0.706. The molecule has 0 saturated heterocycles. The number of rotatable bonds is 3. The minimum Gasteiger partial charge on any atom is -0.313 e. The van der Waals surface area contributed by atoms with Gasteiger partial charge in [0.05, 0.1) is 0 Å². The molecule has 1 aliphatic rings. The third-order valence-corrected chi connectivity index (χ3v) is 3.13. The van der Waals surface area contributed by atoms with E-state index in [1.54, 1.807) is 0 Å². The summed E-state index contributed by atoms with van der Waals surface area (Å²) < 4.78 is 0. The van der Waals surface area contributed by atoms with Crippen LogP contribution in [-0.4, -0.2) is 12.6 Å². The van der Waals surface area contributed by atoms with E-state index >= 15 is 0 Å². The van der Waals surface area contributed by atoms with Crippen molar-refractivity contribution in [1.29, 1.82) is 0 Å². The Labute approximate surface area is 82.3 Å². The smallest absolute Gasteiger partial charge is 0.0212 e. The maximum Gasteiger partial charge on any atom is 0.0212 e. The SMILES string of the molecule is C#CCCNC1CC(C)CCC1C. The van der Waals surface area contributed by atoms with Gasteiger partial charge in [-0.1, -0.05) is 20.3 Å². The molecule has 13 heavy (non-hydrogen) atoms. The van der Waals surface area contributed by atoms with Crippen LogP contribution < -0.4 is 5.32 Å². The summed E-state index contributed by atoms with van der Waals surface area (Å²) >= 11 is 0. The Balaban J connectivity index is 2.26. The molecule has 1 nitrogen and oxygen atoms in total. The van der Waals surface area contributed by atoms with Gasteiger partial charge in [0.15, 0.2) is 0 Å². The molecule has 0 aromatic heterocycles. The molecule has 0 bridgehead atoms. The van der Waals surface area contributed by atoms with Crippen molar-refractivity contribution in [1.82, 2.24) is 5.32 Å². The van der Waals surface area contributed by atoms with E-state index < -0.39 is 0 Å². The first kappa shape index (κ1) is 10.6. The molecule has 0 heterocycles. The molecule has 1 N–H and O–H groups in total. The van der Waals surface area contributed by atoms with Crippen molar-refractivity contribution in [2.75, 3.05) is 6.54 Å². The Hall–Kier alpha value is -0.480. The molecular formula is C12H21N. The van der Waals surface area contributed by atoms with E-state index in [-0.39, 0.29) is 0 Å². The molecule has 0 aliphatic heterocycles. The van der Waals surface area contributed by atoms with Gasteiger partial charge in [-0.05, 0) is 24.7 Å². The van der Waals surface area contributed by atoms with Crippen molar-refractivity contribution in [2.45, 2.75) is 45.6 Å². The first-order valence-corrected chi connectivity index (χ1v) is 5.41. The number of hydrogen-bond acceptors (Lipinski definition) is 1. The van der Waals surface area contributed by atoms with E-state index in [0.717, 1.165) is 24.8 Å². The van der Waals surface area contributed by atoms with Crippen molar-refractivity contribution in [2.24, 2.45) is 11.8 Å². The fourth-order valence-electron chi connectivity index (χ4n) is 2.15. The summed E-state index contributed by atoms with van der Waals surface area (Å²) in [5, 5.41) is 3.56. The van der Waals surface area contributed by atoms with Crippen LogP contribution in [-0.2, 0) is 0 Å². The maximum absolute atomic E-state index is 5.22. The second-order valence-electron chi connectivity index (χ2n) is 4.41. The Morgan fingerprint density at radius 1 is 1.38 bits per heavy atom. The van der Waals surface area contributed by atoms with E-state index in [0.29, 0.717) is 6.04 Å². The standard InChI is InChI=1S/C12H21N/c1-4-5-8-13-12-9-10(2)6-7-11(12)3/h1,10-13H,5-9H2,2-3H3. The van der Waals surface area contributed by atoms with Crippen LogP contribution >= 0.6 is 0 Å². The van der Waals surface area contributed by atoms with Crippen LogP contribution in [0.5, 0.6) is 0 Å². The van der Waals surface area contributed by atoms with Gasteiger partial charge >= 0.3 is 0 Å². The lowest BCUT2D eigenvalue weighted by Gasteiger charge is -2.33. The van der Waals surface area contributed by atoms with Crippen LogP contribution in [0.2, 0.25) is 0 Å². The highest BCUT2D eigenvalue weighted by molar-refractivity contribution is 4.87. The fourth-order valence-corrected chi connectivity index (χ4v) is 2.15. The van der Waals surface area contributed by atoms with Crippen LogP contribution in [0.1, 0.15) is 39.5 Å². The van der Waals surface area contributed by atoms with Crippen molar-refractivity contribution >= 4 is 0 Å². The Morgan fingerprint density at radius 2 is 2.15 bits per heavy atom. The van der Waals surface area contributed by atoms with Gasteiger partial charge < -0.3 is 5.32 Å². The molecule has 1 heteroatoms. The highest BCUT2D eigenvalue weighted by Crippen LogP contribution is 2.28. The first-order valence-electron chi connectivity index (χ1n) is 5.41. The van der Waals surface area contributed by atoms with Crippen LogP contribution in [0.3, 0.4) is 0 Å². The van der Waals surface area contributed by atoms with E-state index in [1.165, 1.54) is 19.3 Å². The van der Waals surface area contributed by atoms with E-state index in [2.05, 4.69) is 25.1 Å². The van der Waals surface area contributed by atoms with Crippen molar-refractivity contribution < 1.29 is 0 Å². The predicted molar refractivity (Wildman–Crippen MR) is 57.4 cm³/mol. The average molecular weight is 179 g/mol. The summed E-state index contributed by atoms with van der Waals surface area (Å²) in [6.07, 6.45) is 10.2. The topological polar surface area (TPSA) is 12.0 Å². The molecule has 3 atom stereocenters. The molecule has 3 unspecified atom stereocenters. The summed E-state index contributed by atoms with van der Waals surface area (Å²) in [5.74, 6) is 4.39. The zero-order valence-corrected chi connectivity index (χ0v) is 8.84. The Bertz CT molecular complexity index is 180. The fraction of sp³-hybridized carbons (Fsp3) is 0.833. The lowest BCUT2D eigenvalue weighted by Crippen LogP contribution is -2.39. The summed E-state index contributed by atoms with van der Waals surface area (Å²) in [6.45, 7) is 5.68. The minimum atomic E-state index is 0.706. The van der Waals surface area contributed by atoms with Gasteiger partial charge in [-0.15, -0.1) is 12.3 Å². The van der Waals surface area contributed by atoms with Crippen LogP contribution in [0.15, 0.2) is 0 Å². The molecule has 0 radical (unpaired) electrons. The highest BCUT2D eigenvalue weighted by atomic mass is 14.9. The monoisotopic (exact) mass is 179 g/mol. The molecule has 1 aliphatic carbocycles. The largest absolute Gasteiger partial charge is 0.313 e. The zero-order chi connectivity index (χ0) is 9.68. The van der Waals surface area contributed by atoms with Crippen LogP contribution in [0, 0.1) is 24.2 Å². The van der Waals surface area contributed by atoms with Crippen molar-refractivity contribution in [3.05, 3.63) is 0 Å². The molecular weight excluding hydrogens is 158 g/mol. The Morgan fingerprint density at radius 3 is 2.85 bits per heavy atom. The summed E-state index contributed by atoms with van der Waals surface area (Å²) in [5.41, 5.74) is 0. The average Bonchev–Trinajstić information content (AvgIpc) is 2.11. The third-order valence-electron chi connectivity index (χ3n) is 3.13. The second-order valence-corrected chi connectivity index (χ2v) is 4.41. The molecule has 1 saturated carbocycles. The van der Waals surface area contributed by atoms with Gasteiger partial charge in [-0.25, -0.2) is 0 Å². The number of nitrogens with one attached hydrogen (secondary N) is 1. The lowest BCUT2D eigenvalue weighted by molar-refractivity contribution is 0.230.